The fourth-order valence-corrected chi connectivity index (χ4v) is 1.87. The zero-order valence-corrected chi connectivity index (χ0v) is 11.5. The van der Waals surface area contributed by atoms with E-state index >= 15 is 0 Å². The Morgan fingerprint density at radius 3 is 2.37 bits per heavy atom. The molecule has 0 unspecified atom stereocenters. The molecule has 0 atom stereocenters. The van der Waals surface area contributed by atoms with Gasteiger partial charge in [-0.3, -0.25) is 4.79 Å². The van der Waals surface area contributed by atoms with Crippen LogP contribution >= 0.6 is 0 Å². The number of aromatic hydroxyl groups is 1. The average Bonchev–Trinajstić information content (AvgIpc) is 2.37. The van der Waals surface area contributed by atoms with Crippen LogP contribution in [0.3, 0.4) is 0 Å². The van der Waals surface area contributed by atoms with Crippen LogP contribution in [0.2, 0.25) is 0 Å². The maximum atomic E-state index is 12.2. The summed E-state index contributed by atoms with van der Waals surface area (Å²) in [4.78, 5) is 12.2. The van der Waals surface area contributed by atoms with Crippen molar-refractivity contribution in [3.05, 3.63) is 42.0 Å². The van der Waals surface area contributed by atoms with Gasteiger partial charge in [-0.2, -0.15) is 0 Å². The Hall–Kier alpha value is -2.03. The highest BCUT2D eigenvalue weighted by molar-refractivity contribution is 6.01. The first-order valence-corrected chi connectivity index (χ1v) is 6.47. The van der Waals surface area contributed by atoms with E-state index in [1.54, 1.807) is 12.1 Å². The van der Waals surface area contributed by atoms with Crippen molar-refractivity contribution < 1.29 is 9.90 Å². The molecule has 2 aromatic carbocycles. The third-order valence-corrected chi connectivity index (χ3v) is 3.44. The molecule has 2 rings (SSSR count). The summed E-state index contributed by atoms with van der Waals surface area (Å²) in [5.41, 5.74) is 0.0371. The Balaban J connectivity index is 2.39. The molecule has 0 aliphatic rings. The highest BCUT2D eigenvalue weighted by Crippen LogP contribution is 2.25. The molecule has 0 aromatic heterocycles. The van der Waals surface area contributed by atoms with Crippen LogP contribution in [0.5, 0.6) is 5.75 Å². The van der Waals surface area contributed by atoms with Crippen LogP contribution in [-0.2, 0) is 0 Å². The van der Waals surface area contributed by atoms with Gasteiger partial charge in [0.15, 0.2) is 0 Å². The molecule has 0 bridgehead atoms. The first-order chi connectivity index (χ1) is 8.93. The van der Waals surface area contributed by atoms with Crippen LogP contribution in [0, 0.1) is 0 Å². The van der Waals surface area contributed by atoms with Gasteiger partial charge < -0.3 is 10.4 Å². The number of carbonyl (C=O) groups is 1. The Morgan fingerprint density at radius 1 is 1.21 bits per heavy atom. The Kier molecular flexibility index (Phi) is 3.47. The van der Waals surface area contributed by atoms with E-state index < -0.39 is 0 Å². The van der Waals surface area contributed by atoms with Crippen LogP contribution in [0.4, 0.5) is 0 Å². The predicted molar refractivity (Wildman–Crippen MR) is 77.4 cm³/mol. The molecule has 1 amide bonds. The maximum Gasteiger partial charge on any atom is 0.255 e. The molecule has 0 aliphatic carbocycles. The molecule has 100 valence electrons. The highest BCUT2D eigenvalue weighted by Gasteiger charge is 2.21. The molecule has 0 aliphatic heterocycles. The van der Waals surface area contributed by atoms with E-state index in [0.29, 0.717) is 5.56 Å². The van der Waals surface area contributed by atoms with Crippen molar-refractivity contribution in [3.63, 3.8) is 0 Å². The molecule has 2 aromatic rings. The van der Waals surface area contributed by atoms with E-state index in [0.717, 1.165) is 17.2 Å². The van der Waals surface area contributed by atoms with E-state index in [9.17, 15) is 9.90 Å². The minimum atomic E-state index is -0.283. The van der Waals surface area contributed by atoms with E-state index in [4.69, 9.17) is 0 Å². The third kappa shape index (κ3) is 2.87. The van der Waals surface area contributed by atoms with E-state index in [1.165, 1.54) is 0 Å². The highest BCUT2D eigenvalue weighted by atomic mass is 16.3. The SMILES string of the molecule is CCC(C)(C)NC(=O)c1cc2ccccc2cc1O. The lowest BCUT2D eigenvalue weighted by Gasteiger charge is -2.24. The van der Waals surface area contributed by atoms with Gasteiger partial charge in [-0.25, -0.2) is 0 Å². The molecule has 0 saturated carbocycles. The number of amides is 1. The summed E-state index contributed by atoms with van der Waals surface area (Å²) >= 11 is 0. The normalized spacial score (nSPS) is 11.5. The minimum absolute atomic E-state index is 0.0168. The number of carbonyl (C=O) groups excluding carboxylic acids is 1. The molecule has 0 radical (unpaired) electrons. The quantitative estimate of drug-likeness (QED) is 0.884. The lowest BCUT2D eigenvalue weighted by molar-refractivity contribution is 0.0909. The van der Waals surface area contributed by atoms with E-state index in [1.807, 2.05) is 45.0 Å². The average molecular weight is 257 g/mol. The van der Waals surface area contributed by atoms with Gasteiger partial charge in [-0.1, -0.05) is 31.2 Å². The molecule has 19 heavy (non-hydrogen) atoms. The maximum absolute atomic E-state index is 12.2. The molecule has 0 spiro atoms. The summed E-state index contributed by atoms with van der Waals surface area (Å²) in [6, 6.07) is 11.0. The summed E-state index contributed by atoms with van der Waals surface area (Å²) in [5, 5.41) is 14.8. The summed E-state index contributed by atoms with van der Waals surface area (Å²) in [6.07, 6.45) is 0.826. The first kappa shape index (κ1) is 13.4. The smallest absolute Gasteiger partial charge is 0.255 e. The second-order valence-electron chi connectivity index (χ2n) is 5.41. The number of fused-ring (bicyclic) bond motifs is 1. The summed E-state index contributed by atoms with van der Waals surface area (Å²) in [5.74, 6) is -0.224. The van der Waals surface area contributed by atoms with Crippen LogP contribution in [0.15, 0.2) is 36.4 Å². The van der Waals surface area contributed by atoms with Gasteiger partial charge in [0.05, 0.1) is 5.56 Å². The van der Waals surface area contributed by atoms with E-state index in [-0.39, 0.29) is 17.2 Å². The fourth-order valence-electron chi connectivity index (χ4n) is 1.87. The number of hydrogen-bond donors (Lipinski definition) is 2. The summed E-state index contributed by atoms with van der Waals surface area (Å²) in [7, 11) is 0. The lowest BCUT2D eigenvalue weighted by atomic mass is 10.00. The van der Waals surface area contributed by atoms with Gasteiger partial charge in [0.25, 0.3) is 5.91 Å². The molecule has 0 saturated heterocycles. The lowest BCUT2D eigenvalue weighted by Crippen LogP contribution is -2.42. The molecule has 0 fully saturated rings. The fraction of sp³-hybridized carbons (Fsp3) is 0.312. The molecule has 3 nitrogen and oxygen atoms in total. The van der Waals surface area contributed by atoms with Crippen molar-refractivity contribution in [2.45, 2.75) is 32.7 Å². The molecular formula is C16H19NO2. The Morgan fingerprint density at radius 2 is 1.79 bits per heavy atom. The largest absolute Gasteiger partial charge is 0.507 e. The van der Waals surface area contributed by atoms with Crippen molar-refractivity contribution in [1.29, 1.82) is 0 Å². The van der Waals surface area contributed by atoms with Gasteiger partial charge in [-0.15, -0.1) is 0 Å². The zero-order chi connectivity index (χ0) is 14.0. The van der Waals surface area contributed by atoms with Gasteiger partial charge in [0.1, 0.15) is 5.75 Å². The van der Waals surface area contributed by atoms with Gasteiger partial charge >= 0.3 is 0 Å². The number of rotatable bonds is 3. The van der Waals surface area contributed by atoms with Crippen molar-refractivity contribution in [2.75, 3.05) is 0 Å². The number of nitrogens with one attached hydrogen (secondary N) is 1. The van der Waals surface area contributed by atoms with Crippen LogP contribution in [-0.4, -0.2) is 16.6 Å². The predicted octanol–water partition coefficient (Wildman–Crippen LogP) is 3.46. The molecular weight excluding hydrogens is 238 g/mol. The van der Waals surface area contributed by atoms with Crippen LogP contribution in [0.1, 0.15) is 37.6 Å². The van der Waals surface area contributed by atoms with Crippen molar-refractivity contribution in [2.24, 2.45) is 0 Å². The second kappa shape index (κ2) is 4.92. The molecule has 2 N–H and O–H groups in total. The number of benzene rings is 2. The molecule has 0 heterocycles. The summed E-state index contributed by atoms with van der Waals surface area (Å²) < 4.78 is 0. The number of phenols is 1. The van der Waals surface area contributed by atoms with Gasteiger partial charge in [0, 0.05) is 5.54 Å². The zero-order valence-electron chi connectivity index (χ0n) is 11.5. The van der Waals surface area contributed by atoms with Crippen LogP contribution < -0.4 is 5.32 Å². The minimum Gasteiger partial charge on any atom is -0.507 e. The second-order valence-corrected chi connectivity index (χ2v) is 5.41. The summed E-state index contributed by atoms with van der Waals surface area (Å²) in [6.45, 7) is 5.94. The van der Waals surface area contributed by atoms with Crippen molar-refractivity contribution >= 4 is 16.7 Å². The topological polar surface area (TPSA) is 49.3 Å². The first-order valence-electron chi connectivity index (χ1n) is 6.47. The van der Waals surface area contributed by atoms with Gasteiger partial charge in [-0.05, 0) is 43.2 Å². The monoisotopic (exact) mass is 257 g/mol. The molecule has 3 heteroatoms. The Labute approximate surface area is 113 Å². The van der Waals surface area contributed by atoms with Crippen molar-refractivity contribution in [1.82, 2.24) is 5.32 Å². The van der Waals surface area contributed by atoms with Crippen molar-refractivity contribution in [3.8, 4) is 5.75 Å². The number of hydrogen-bond acceptors (Lipinski definition) is 2. The standard InChI is InChI=1S/C16H19NO2/c1-4-16(2,3)17-15(19)13-9-11-7-5-6-8-12(11)10-14(13)18/h5-10,18H,4H2,1-3H3,(H,17,19). The van der Waals surface area contributed by atoms with Gasteiger partial charge in [0.2, 0.25) is 0 Å². The Bertz CT molecular complexity index is 617. The third-order valence-electron chi connectivity index (χ3n) is 3.44. The van der Waals surface area contributed by atoms with E-state index in [2.05, 4.69) is 5.32 Å². The number of phenolic OH excluding ortho intramolecular Hbond substituents is 1. The van der Waals surface area contributed by atoms with Crippen LogP contribution in [0.25, 0.3) is 10.8 Å².